The molecule has 0 bridgehead atoms. The number of hydrogen-bond acceptors (Lipinski definition) is 2. The van der Waals surface area contributed by atoms with Gasteiger partial charge in [-0.3, -0.25) is 4.21 Å². The van der Waals surface area contributed by atoms with Crippen LogP contribution in [0.4, 0.5) is 0 Å². The van der Waals surface area contributed by atoms with Gasteiger partial charge in [-0.1, -0.05) is 33.6 Å². The van der Waals surface area contributed by atoms with E-state index in [1.165, 1.54) is 19.3 Å². The molecule has 2 nitrogen and oxygen atoms in total. The molecule has 0 amide bonds. The molecule has 0 saturated heterocycles. The Morgan fingerprint density at radius 3 is 2.56 bits per heavy atom. The molecule has 1 saturated carbocycles. The Morgan fingerprint density at radius 1 is 1.38 bits per heavy atom. The molecule has 0 heterocycles. The van der Waals surface area contributed by atoms with Gasteiger partial charge in [0.05, 0.1) is 0 Å². The Morgan fingerprint density at radius 2 is 2.06 bits per heavy atom. The fraction of sp³-hybridized carbons (Fsp3) is 1.00. The van der Waals surface area contributed by atoms with Gasteiger partial charge in [0.25, 0.3) is 0 Å². The number of rotatable bonds is 5. The van der Waals surface area contributed by atoms with Crippen LogP contribution < -0.4 is 5.73 Å². The molecule has 0 aromatic carbocycles. The highest BCUT2D eigenvalue weighted by Gasteiger charge is 2.32. The average Bonchev–Trinajstić information content (AvgIpc) is 2.27. The van der Waals surface area contributed by atoms with E-state index in [1.807, 2.05) is 0 Å². The Labute approximate surface area is 103 Å². The molecular weight excluding hydrogens is 218 g/mol. The van der Waals surface area contributed by atoms with Crippen LogP contribution in [0.1, 0.15) is 46.5 Å². The molecule has 96 valence electrons. The largest absolute Gasteiger partial charge is 0.330 e. The molecule has 1 aliphatic carbocycles. The highest BCUT2D eigenvalue weighted by molar-refractivity contribution is 7.85. The zero-order valence-corrected chi connectivity index (χ0v) is 11.8. The fourth-order valence-electron chi connectivity index (χ4n) is 2.69. The van der Waals surface area contributed by atoms with E-state index in [0.717, 1.165) is 18.1 Å². The van der Waals surface area contributed by atoms with Gasteiger partial charge in [0.2, 0.25) is 0 Å². The van der Waals surface area contributed by atoms with Gasteiger partial charge < -0.3 is 5.73 Å². The van der Waals surface area contributed by atoms with Crippen LogP contribution in [-0.2, 0) is 10.8 Å². The molecule has 0 aromatic rings. The number of hydrogen-bond donors (Lipinski definition) is 1. The van der Waals surface area contributed by atoms with E-state index in [1.54, 1.807) is 0 Å². The van der Waals surface area contributed by atoms with Crippen molar-refractivity contribution < 1.29 is 4.21 Å². The molecule has 4 unspecified atom stereocenters. The molecule has 0 spiro atoms. The van der Waals surface area contributed by atoms with Crippen LogP contribution in [-0.4, -0.2) is 21.8 Å². The normalized spacial score (nSPS) is 32.9. The third-order valence-corrected chi connectivity index (χ3v) is 6.00. The SMILES string of the molecule is CCC1CCC(CN)C(S(=O)CC(C)C)C1. The molecule has 2 N–H and O–H groups in total. The van der Waals surface area contributed by atoms with Crippen LogP contribution in [0.2, 0.25) is 0 Å². The molecule has 0 radical (unpaired) electrons. The average molecular weight is 245 g/mol. The van der Waals surface area contributed by atoms with E-state index in [2.05, 4.69) is 20.8 Å². The minimum absolute atomic E-state index is 0.367. The van der Waals surface area contributed by atoms with Crippen molar-refractivity contribution in [3.05, 3.63) is 0 Å². The van der Waals surface area contributed by atoms with Crippen LogP contribution in [0.3, 0.4) is 0 Å². The highest BCUT2D eigenvalue weighted by atomic mass is 32.2. The first kappa shape index (κ1) is 14.2. The van der Waals surface area contributed by atoms with E-state index < -0.39 is 10.8 Å². The van der Waals surface area contributed by atoms with Gasteiger partial charge in [0.15, 0.2) is 0 Å². The minimum Gasteiger partial charge on any atom is -0.330 e. The van der Waals surface area contributed by atoms with Crippen molar-refractivity contribution in [3.8, 4) is 0 Å². The molecule has 16 heavy (non-hydrogen) atoms. The smallest absolute Gasteiger partial charge is 0.0390 e. The summed E-state index contributed by atoms with van der Waals surface area (Å²) >= 11 is 0. The molecule has 3 heteroatoms. The molecule has 1 aliphatic rings. The molecule has 1 fully saturated rings. The fourth-order valence-corrected chi connectivity index (χ4v) is 4.76. The molecule has 1 rings (SSSR count). The monoisotopic (exact) mass is 245 g/mol. The van der Waals surface area contributed by atoms with Gasteiger partial charge in [-0.2, -0.15) is 0 Å². The maximum atomic E-state index is 12.3. The summed E-state index contributed by atoms with van der Waals surface area (Å²) in [6.07, 6.45) is 4.83. The zero-order valence-electron chi connectivity index (χ0n) is 10.9. The van der Waals surface area contributed by atoms with E-state index >= 15 is 0 Å². The van der Waals surface area contributed by atoms with Crippen molar-refractivity contribution in [3.63, 3.8) is 0 Å². The molecule has 0 aliphatic heterocycles. The summed E-state index contributed by atoms with van der Waals surface area (Å²) in [5, 5.41) is 0.367. The summed E-state index contributed by atoms with van der Waals surface area (Å²) in [4.78, 5) is 0. The Kier molecular flexibility index (Phi) is 5.98. The van der Waals surface area contributed by atoms with Crippen LogP contribution in [0.15, 0.2) is 0 Å². The second-order valence-electron chi connectivity index (χ2n) is 5.56. The zero-order chi connectivity index (χ0) is 12.1. The second-order valence-corrected chi connectivity index (χ2v) is 7.26. The van der Waals surface area contributed by atoms with Crippen LogP contribution in [0.25, 0.3) is 0 Å². The lowest BCUT2D eigenvalue weighted by atomic mass is 9.80. The van der Waals surface area contributed by atoms with Crippen molar-refractivity contribution in [2.45, 2.75) is 51.7 Å². The summed E-state index contributed by atoms with van der Waals surface area (Å²) in [6.45, 7) is 7.26. The summed E-state index contributed by atoms with van der Waals surface area (Å²) in [6, 6.07) is 0. The van der Waals surface area contributed by atoms with Gasteiger partial charge in [-0.25, -0.2) is 0 Å². The molecule has 4 atom stereocenters. The van der Waals surface area contributed by atoms with Crippen LogP contribution in [0, 0.1) is 17.8 Å². The van der Waals surface area contributed by atoms with E-state index in [0.29, 0.717) is 23.6 Å². The lowest BCUT2D eigenvalue weighted by molar-refractivity contribution is 0.280. The third-order valence-electron chi connectivity index (χ3n) is 3.75. The van der Waals surface area contributed by atoms with Crippen molar-refractivity contribution in [1.29, 1.82) is 0 Å². The van der Waals surface area contributed by atoms with Crippen molar-refractivity contribution in [2.75, 3.05) is 12.3 Å². The Hall–Kier alpha value is 0.110. The van der Waals surface area contributed by atoms with Gasteiger partial charge in [-0.05, 0) is 37.1 Å². The summed E-state index contributed by atoms with van der Waals surface area (Å²) in [5.74, 6) is 2.66. The van der Waals surface area contributed by atoms with Crippen molar-refractivity contribution in [1.82, 2.24) is 0 Å². The predicted octanol–water partition coefficient (Wildman–Crippen LogP) is 2.54. The minimum atomic E-state index is -0.669. The lowest BCUT2D eigenvalue weighted by Gasteiger charge is -2.35. The summed E-state index contributed by atoms with van der Waals surface area (Å²) in [7, 11) is -0.669. The van der Waals surface area contributed by atoms with E-state index in [-0.39, 0.29) is 0 Å². The first-order valence-corrected chi connectivity index (χ1v) is 8.03. The quantitative estimate of drug-likeness (QED) is 0.809. The molecule has 0 aromatic heterocycles. The van der Waals surface area contributed by atoms with Gasteiger partial charge >= 0.3 is 0 Å². The second kappa shape index (κ2) is 6.75. The van der Waals surface area contributed by atoms with Crippen LogP contribution in [0.5, 0.6) is 0 Å². The first-order chi connectivity index (χ1) is 7.58. The standard InChI is InChI=1S/C13H27NOS/c1-4-11-5-6-12(8-14)13(7-11)16(15)9-10(2)3/h10-13H,4-9,14H2,1-3H3. The molecular formula is C13H27NOS. The number of nitrogens with two attached hydrogens (primary N) is 1. The van der Waals surface area contributed by atoms with Gasteiger partial charge in [-0.15, -0.1) is 0 Å². The van der Waals surface area contributed by atoms with E-state index in [9.17, 15) is 4.21 Å². The first-order valence-electron chi connectivity index (χ1n) is 6.65. The maximum Gasteiger partial charge on any atom is 0.0390 e. The van der Waals surface area contributed by atoms with Gasteiger partial charge in [0, 0.05) is 21.8 Å². The Balaban J connectivity index is 2.60. The maximum absolute atomic E-state index is 12.3. The van der Waals surface area contributed by atoms with Gasteiger partial charge in [0.1, 0.15) is 0 Å². The van der Waals surface area contributed by atoms with Crippen LogP contribution >= 0.6 is 0 Å². The van der Waals surface area contributed by atoms with Crippen molar-refractivity contribution >= 4 is 10.8 Å². The topological polar surface area (TPSA) is 43.1 Å². The lowest BCUT2D eigenvalue weighted by Crippen LogP contribution is -2.38. The van der Waals surface area contributed by atoms with Crippen molar-refractivity contribution in [2.24, 2.45) is 23.5 Å². The van der Waals surface area contributed by atoms with E-state index in [4.69, 9.17) is 5.73 Å². The highest BCUT2D eigenvalue weighted by Crippen LogP contribution is 2.33. The summed E-state index contributed by atoms with van der Waals surface area (Å²) < 4.78 is 12.3. The Bertz CT molecular complexity index is 230. The third kappa shape index (κ3) is 3.85. The summed E-state index contributed by atoms with van der Waals surface area (Å²) in [5.41, 5.74) is 5.81. The predicted molar refractivity (Wildman–Crippen MR) is 71.8 cm³/mol.